The van der Waals surface area contributed by atoms with Gasteiger partial charge in [0, 0.05) is 73.9 Å². The quantitative estimate of drug-likeness (QED) is 0.499. The molecule has 1 aliphatic heterocycles. The van der Waals surface area contributed by atoms with Gasteiger partial charge in [0.2, 0.25) is 0 Å². The number of carbonyl (C=O) groups excluding carboxylic acids is 1. The van der Waals surface area contributed by atoms with Crippen molar-refractivity contribution in [1.29, 1.82) is 0 Å². The number of aryl methyl sites for hydroxylation is 1. The van der Waals surface area contributed by atoms with Crippen molar-refractivity contribution in [2.45, 2.75) is 26.4 Å². The van der Waals surface area contributed by atoms with E-state index in [1.807, 2.05) is 52.6 Å². The van der Waals surface area contributed by atoms with Crippen molar-refractivity contribution in [2.24, 2.45) is 7.05 Å². The zero-order valence-corrected chi connectivity index (χ0v) is 19.8. The lowest BCUT2D eigenvalue weighted by molar-refractivity contribution is 0.0240. The molecule has 5 heterocycles. The zero-order valence-electron chi connectivity index (χ0n) is 19.8. The number of hydrogen-bond donors (Lipinski definition) is 1. The normalized spacial score (nSPS) is 14.6. The van der Waals surface area contributed by atoms with E-state index in [9.17, 15) is 4.79 Å². The molecule has 4 aromatic rings. The maximum Gasteiger partial charge on any atom is 0.410 e. The molecule has 34 heavy (non-hydrogen) atoms. The highest BCUT2D eigenvalue weighted by molar-refractivity contribution is 5.94. The minimum absolute atomic E-state index is 0.275. The van der Waals surface area contributed by atoms with Gasteiger partial charge in [-0.15, -0.1) is 0 Å². The van der Waals surface area contributed by atoms with Gasteiger partial charge in [-0.3, -0.25) is 9.67 Å². The predicted octanol–water partition coefficient (Wildman–Crippen LogP) is 3.48. The van der Waals surface area contributed by atoms with Gasteiger partial charge in [0.05, 0.1) is 24.3 Å². The van der Waals surface area contributed by atoms with Gasteiger partial charge in [0.1, 0.15) is 17.1 Å². The first-order chi connectivity index (χ1) is 16.3. The van der Waals surface area contributed by atoms with Gasteiger partial charge in [-0.05, 0) is 26.8 Å². The number of hydrogen-bond acceptors (Lipinski definition) is 7. The molecule has 10 nitrogen and oxygen atoms in total. The molecule has 0 unspecified atom stereocenters. The molecule has 176 valence electrons. The Balaban J connectivity index is 1.36. The summed E-state index contributed by atoms with van der Waals surface area (Å²) in [6.07, 6.45) is 10.8. The second-order valence-electron chi connectivity index (χ2n) is 9.44. The summed E-state index contributed by atoms with van der Waals surface area (Å²) in [5.41, 5.74) is 3.99. The monoisotopic (exact) mass is 460 g/mol. The standard InChI is InChI=1S/C24H28N8O2/c1-24(2,3)34-23(33)32-7-5-31(6-8-32)21-14-25-13-20(29-21)19-12-27-22-18(19)9-16(10-26-22)17-11-28-30(4)15-17/h9-15H,5-8H2,1-4H3,(H,26,27). The molecule has 5 rings (SSSR count). The van der Waals surface area contributed by atoms with E-state index in [4.69, 9.17) is 9.72 Å². The zero-order chi connectivity index (χ0) is 23.9. The highest BCUT2D eigenvalue weighted by Gasteiger charge is 2.26. The van der Waals surface area contributed by atoms with Crippen LogP contribution in [0.2, 0.25) is 0 Å². The molecular formula is C24H28N8O2. The van der Waals surface area contributed by atoms with E-state index in [1.165, 1.54) is 0 Å². The van der Waals surface area contributed by atoms with Gasteiger partial charge in [-0.25, -0.2) is 14.8 Å². The van der Waals surface area contributed by atoms with Gasteiger partial charge >= 0.3 is 6.09 Å². The fourth-order valence-corrected chi connectivity index (χ4v) is 4.03. The Kier molecular flexibility index (Phi) is 5.43. The van der Waals surface area contributed by atoms with Crippen molar-refractivity contribution >= 4 is 22.9 Å². The number of rotatable bonds is 3. The molecule has 1 saturated heterocycles. The minimum Gasteiger partial charge on any atom is -0.444 e. The minimum atomic E-state index is -0.501. The lowest BCUT2D eigenvalue weighted by atomic mass is 10.1. The van der Waals surface area contributed by atoms with Crippen molar-refractivity contribution in [3.63, 3.8) is 0 Å². The Morgan fingerprint density at radius 3 is 2.56 bits per heavy atom. The van der Waals surface area contributed by atoms with Crippen LogP contribution in [0.15, 0.2) is 43.2 Å². The van der Waals surface area contributed by atoms with Crippen LogP contribution in [0.4, 0.5) is 10.6 Å². The Morgan fingerprint density at radius 2 is 1.85 bits per heavy atom. The third kappa shape index (κ3) is 4.43. The Bertz CT molecular complexity index is 1330. The lowest BCUT2D eigenvalue weighted by Crippen LogP contribution is -2.50. The fourth-order valence-electron chi connectivity index (χ4n) is 4.03. The second-order valence-corrected chi connectivity index (χ2v) is 9.44. The van der Waals surface area contributed by atoms with Gasteiger partial charge in [-0.1, -0.05) is 0 Å². The van der Waals surface area contributed by atoms with Crippen molar-refractivity contribution in [3.05, 3.63) is 43.2 Å². The number of ether oxygens (including phenoxy) is 1. The molecule has 1 aliphatic rings. The SMILES string of the molecule is Cn1cc(-c2cnc3[nH]cc(-c4cncc(N5CCN(C(=O)OC(C)(C)C)CC5)n4)c3c2)cn1. The smallest absolute Gasteiger partial charge is 0.410 e. The highest BCUT2D eigenvalue weighted by Crippen LogP contribution is 2.30. The van der Waals surface area contributed by atoms with Crippen LogP contribution in [0.1, 0.15) is 20.8 Å². The fraction of sp³-hybridized carbons (Fsp3) is 0.375. The number of piperazine rings is 1. The molecule has 10 heteroatoms. The van der Waals surface area contributed by atoms with Crippen LogP contribution in [-0.2, 0) is 11.8 Å². The van der Waals surface area contributed by atoms with Crippen LogP contribution in [0.25, 0.3) is 33.4 Å². The predicted molar refractivity (Wildman–Crippen MR) is 129 cm³/mol. The van der Waals surface area contributed by atoms with Crippen LogP contribution < -0.4 is 4.90 Å². The number of carbonyl (C=O) groups is 1. The molecule has 4 aromatic heterocycles. The molecule has 1 amide bonds. The van der Waals surface area contributed by atoms with Crippen LogP contribution in [0.5, 0.6) is 0 Å². The molecule has 0 spiro atoms. The van der Waals surface area contributed by atoms with Crippen molar-refractivity contribution in [3.8, 4) is 22.4 Å². The third-order valence-corrected chi connectivity index (χ3v) is 5.72. The molecule has 0 aromatic carbocycles. The largest absolute Gasteiger partial charge is 0.444 e. The Labute approximate surface area is 197 Å². The first-order valence-electron chi connectivity index (χ1n) is 11.3. The summed E-state index contributed by atoms with van der Waals surface area (Å²) in [6, 6.07) is 2.10. The number of anilines is 1. The average molecular weight is 461 g/mol. The molecule has 0 aliphatic carbocycles. The number of aromatic amines is 1. The molecule has 0 radical (unpaired) electrons. The third-order valence-electron chi connectivity index (χ3n) is 5.72. The lowest BCUT2D eigenvalue weighted by Gasteiger charge is -2.36. The van der Waals surface area contributed by atoms with Crippen LogP contribution >= 0.6 is 0 Å². The number of fused-ring (bicyclic) bond motifs is 1. The van der Waals surface area contributed by atoms with Crippen molar-refractivity contribution < 1.29 is 9.53 Å². The summed E-state index contributed by atoms with van der Waals surface area (Å²) in [4.78, 5) is 33.4. The first-order valence-corrected chi connectivity index (χ1v) is 11.3. The Hall–Kier alpha value is -3.95. The molecule has 0 atom stereocenters. The first kappa shape index (κ1) is 21.9. The number of nitrogens with zero attached hydrogens (tertiary/aromatic N) is 7. The van der Waals surface area contributed by atoms with Crippen LogP contribution in [0, 0.1) is 0 Å². The van der Waals surface area contributed by atoms with E-state index in [2.05, 4.69) is 31.0 Å². The van der Waals surface area contributed by atoms with E-state index < -0.39 is 5.60 Å². The number of pyridine rings is 1. The van der Waals surface area contributed by atoms with Crippen LogP contribution in [0.3, 0.4) is 0 Å². The van der Waals surface area contributed by atoms with Crippen molar-refractivity contribution in [1.82, 2.24) is 34.6 Å². The van der Waals surface area contributed by atoms with E-state index in [1.54, 1.807) is 22.0 Å². The van der Waals surface area contributed by atoms with E-state index >= 15 is 0 Å². The second kappa shape index (κ2) is 8.44. The summed E-state index contributed by atoms with van der Waals surface area (Å²) in [5, 5.41) is 5.23. The van der Waals surface area contributed by atoms with E-state index in [-0.39, 0.29) is 6.09 Å². The van der Waals surface area contributed by atoms with E-state index in [0.717, 1.165) is 39.2 Å². The topological polar surface area (TPSA) is 105 Å². The van der Waals surface area contributed by atoms with Gasteiger partial charge in [0.25, 0.3) is 0 Å². The number of nitrogens with one attached hydrogen (secondary N) is 1. The van der Waals surface area contributed by atoms with Gasteiger partial charge in [-0.2, -0.15) is 5.10 Å². The number of amides is 1. The molecule has 0 saturated carbocycles. The summed E-state index contributed by atoms with van der Waals surface area (Å²) < 4.78 is 7.27. The summed E-state index contributed by atoms with van der Waals surface area (Å²) >= 11 is 0. The number of H-pyrrole nitrogens is 1. The average Bonchev–Trinajstić information content (AvgIpc) is 3.44. The molecule has 0 bridgehead atoms. The van der Waals surface area contributed by atoms with Crippen molar-refractivity contribution in [2.75, 3.05) is 31.1 Å². The van der Waals surface area contributed by atoms with E-state index in [0.29, 0.717) is 26.2 Å². The summed E-state index contributed by atoms with van der Waals surface area (Å²) in [5.74, 6) is 0.784. The maximum atomic E-state index is 12.4. The highest BCUT2D eigenvalue weighted by atomic mass is 16.6. The maximum absolute atomic E-state index is 12.4. The van der Waals surface area contributed by atoms with Gasteiger partial charge < -0.3 is 19.5 Å². The van der Waals surface area contributed by atoms with Gasteiger partial charge in [0.15, 0.2) is 0 Å². The molecule has 1 N–H and O–H groups in total. The number of aromatic nitrogens is 6. The van der Waals surface area contributed by atoms with Crippen LogP contribution in [-0.4, -0.2) is 72.5 Å². The summed E-state index contributed by atoms with van der Waals surface area (Å²) in [7, 11) is 1.89. The molecule has 1 fully saturated rings. The Morgan fingerprint density at radius 1 is 1.06 bits per heavy atom. The molecular weight excluding hydrogens is 432 g/mol. The summed E-state index contributed by atoms with van der Waals surface area (Å²) in [6.45, 7) is 8.11.